The first-order chi connectivity index (χ1) is 5.70. The number of halogens is 3. The summed E-state index contributed by atoms with van der Waals surface area (Å²) in [6.45, 7) is 0. The Balaban J connectivity index is 3.38. The summed E-state index contributed by atoms with van der Waals surface area (Å²) in [5.74, 6) is -0.557. The molecule has 0 bridgehead atoms. The van der Waals surface area contributed by atoms with Gasteiger partial charge in [-0.05, 0) is 11.6 Å². The Morgan fingerprint density at radius 3 is 2.75 bits per heavy atom. The Kier molecular flexibility index (Phi) is 3.07. The van der Waals surface area contributed by atoms with Crippen molar-refractivity contribution in [3.05, 3.63) is 34.1 Å². The molecule has 0 aliphatic heterocycles. The van der Waals surface area contributed by atoms with Gasteiger partial charge < -0.3 is 0 Å². The van der Waals surface area contributed by atoms with Gasteiger partial charge in [-0.3, -0.25) is 0 Å². The predicted octanol–water partition coefficient (Wildman–Crippen LogP) is 3.25. The van der Waals surface area contributed by atoms with Crippen molar-refractivity contribution >= 4 is 27.5 Å². The summed E-state index contributed by atoms with van der Waals surface area (Å²) in [4.78, 5) is 0. The number of nitriles is 1. The monoisotopic (exact) mass is 247 g/mol. The van der Waals surface area contributed by atoms with Crippen LogP contribution in [0.3, 0.4) is 0 Å². The molecular formula is C8H4BrClFN. The summed E-state index contributed by atoms with van der Waals surface area (Å²) >= 11 is 8.73. The molecular weight excluding hydrogens is 244 g/mol. The van der Waals surface area contributed by atoms with Crippen molar-refractivity contribution in [2.24, 2.45) is 0 Å². The molecule has 0 unspecified atom stereocenters. The molecule has 1 rings (SSSR count). The van der Waals surface area contributed by atoms with Crippen molar-refractivity contribution in [3.8, 4) is 6.07 Å². The van der Waals surface area contributed by atoms with Crippen LogP contribution in [0.2, 0.25) is 5.02 Å². The van der Waals surface area contributed by atoms with Crippen LogP contribution in [-0.2, 0) is 5.33 Å². The van der Waals surface area contributed by atoms with E-state index in [9.17, 15) is 4.39 Å². The SMILES string of the molecule is N#Cc1c(CBr)ccc(F)c1Cl. The zero-order valence-electron chi connectivity index (χ0n) is 5.94. The highest BCUT2D eigenvalue weighted by Gasteiger charge is 2.09. The highest BCUT2D eigenvalue weighted by atomic mass is 79.9. The zero-order chi connectivity index (χ0) is 9.14. The number of hydrogen-bond acceptors (Lipinski definition) is 1. The maximum atomic E-state index is 12.8. The lowest BCUT2D eigenvalue weighted by Gasteiger charge is -2.01. The Morgan fingerprint density at radius 2 is 2.25 bits per heavy atom. The first kappa shape index (κ1) is 9.50. The zero-order valence-corrected chi connectivity index (χ0v) is 8.28. The number of rotatable bonds is 1. The minimum absolute atomic E-state index is 0.102. The lowest BCUT2D eigenvalue weighted by molar-refractivity contribution is 0.627. The maximum absolute atomic E-state index is 12.8. The molecule has 0 amide bonds. The lowest BCUT2D eigenvalue weighted by atomic mass is 10.1. The molecule has 0 atom stereocenters. The molecule has 0 heterocycles. The van der Waals surface area contributed by atoms with Gasteiger partial charge in [0.15, 0.2) is 0 Å². The van der Waals surface area contributed by atoms with Gasteiger partial charge in [0.25, 0.3) is 0 Å². The highest BCUT2D eigenvalue weighted by Crippen LogP contribution is 2.24. The molecule has 0 aliphatic carbocycles. The second kappa shape index (κ2) is 3.88. The van der Waals surface area contributed by atoms with E-state index in [0.717, 1.165) is 0 Å². The molecule has 0 saturated carbocycles. The molecule has 0 fully saturated rings. The normalized spacial score (nSPS) is 9.50. The fourth-order valence-electron chi connectivity index (χ4n) is 0.823. The largest absolute Gasteiger partial charge is 0.205 e. The summed E-state index contributed by atoms with van der Waals surface area (Å²) in [5.41, 5.74) is 0.900. The van der Waals surface area contributed by atoms with Gasteiger partial charge in [-0.25, -0.2) is 4.39 Å². The van der Waals surface area contributed by atoms with Crippen LogP contribution in [0.15, 0.2) is 12.1 Å². The minimum Gasteiger partial charge on any atom is -0.205 e. The Labute approximate surface area is 82.9 Å². The minimum atomic E-state index is -0.557. The van der Waals surface area contributed by atoms with Crippen molar-refractivity contribution in [3.63, 3.8) is 0 Å². The predicted molar refractivity (Wildman–Crippen MR) is 48.8 cm³/mol. The van der Waals surface area contributed by atoms with Gasteiger partial charge in [0.2, 0.25) is 0 Å². The van der Waals surface area contributed by atoms with E-state index >= 15 is 0 Å². The molecule has 0 spiro atoms. The number of alkyl halides is 1. The number of hydrogen-bond donors (Lipinski definition) is 0. The standard InChI is InChI=1S/C8H4BrClFN/c9-3-5-1-2-7(11)8(10)6(5)4-12/h1-2H,3H2. The highest BCUT2D eigenvalue weighted by molar-refractivity contribution is 9.08. The Morgan fingerprint density at radius 1 is 1.58 bits per heavy atom. The van der Waals surface area contributed by atoms with Crippen molar-refractivity contribution in [1.29, 1.82) is 5.26 Å². The fraction of sp³-hybridized carbons (Fsp3) is 0.125. The molecule has 1 aromatic rings. The van der Waals surface area contributed by atoms with Crippen LogP contribution in [-0.4, -0.2) is 0 Å². The molecule has 12 heavy (non-hydrogen) atoms. The number of nitrogens with zero attached hydrogens (tertiary/aromatic N) is 1. The van der Waals surface area contributed by atoms with Gasteiger partial charge in [0, 0.05) is 5.33 Å². The van der Waals surface area contributed by atoms with E-state index in [1.165, 1.54) is 12.1 Å². The molecule has 0 N–H and O–H groups in total. The van der Waals surface area contributed by atoms with E-state index in [4.69, 9.17) is 16.9 Å². The molecule has 62 valence electrons. The van der Waals surface area contributed by atoms with Gasteiger partial charge in [0.05, 0.1) is 10.6 Å². The van der Waals surface area contributed by atoms with E-state index in [-0.39, 0.29) is 10.6 Å². The van der Waals surface area contributed by atoms with Crippen molar-refractivity contribution in [1.82, 2.24) is 0 Å². The topological polar surface area (TPSA) is 23.8 Å². The van der Waals surface area contributed by atoms with Crippen molar-refractivity contribution < 1.29 is 4.39 Å². The average molecular weight is 248 g/mol. The van der Waals surface area contributed by atoms with Gasteiger partial charge in [-0.15, -0.1) is 0 Å². The van der Waals surface area contributed by atoms with Gasteiger partial charge in [-0.2, -0.15) is 5.26 Å². The van der Waals surface area contributed by atoms with E-state index in [1.807, 2.05) is 6.07 Å². The molecule has 0 saturated heterocycles. The Bertz CT molecular complexity index is 346. The third kappa shape index (κ3) is 1.60. The summed E-state index contributed by atoms with van der Waals surface area (Å²) in [6, 6.07) is 4.64. The third-order valence-electron chi connectivity index (χ3n) is 1.44. The van der Waals surface area contributed by atoms with E-state index in [0.29, 0.717) is 10.9 Å². The van der Waals surface area contributed by atoms with Gasteiger partial charge in [0.1, 0.15) is 11.9 Å². The van der Waals surface area contributed by atoms with Crippen LogP contribution < -0.4 is 0 Å². The quantitative estimate of drug-likeness (QED) is 0.700. The number of benzene rings is 1. The van der Waals surface area contributed by atoms with Crippen LogP contribution >= 0.6 is 27.5 Å². The lowest BCUT2D eigenvalue weighted by Crippen LogP contribution is -1.89. The van der Waals surface area contributed by atoms with Gasteiger partial charge in [-0.1, -0.05) is 33.6 Å². The third-order valence-corrected chi connectivity index (χ3v) is 2.41. The second-order valence-corrected chi connectivity index (χ2v) is 3.08. The van der Waals surface area contributed by atoms with E-state index in [2.05, 4.69) is 15.9 Å². The van der Waals surface area contributed by atoms with Crippen LogP contribution in [0.25, 0.3) is 0 Å². The smallest absolute Gasteiger partial charge is 0.143 e. The van der Waals surface area contributed by atoms with Gasteiger partial charge >= 0.3 is 0 Å². The summed E-state index contributed by atoms with van der Waals surface area (Å²) in [6.07, 6.45) is 0. The fourth-order valence-corrected chi connectivity index (χ4v) is 1.52. The second-order valence-electron chi connectivity index (χ2n) is 2.14. The molecule has 1 nitrogen and oxygen atoms in total. The van der Waals surface area contributed by atoms with E-state index in [1.54, 1.807) is 0 Å². The summed E-state index contributed by atoms with van der Waals surface area (Å²) < 4.78 is 12.8. The molecule has 0 aromatic heterocycles. The first-order valence-corrected chi connectivity index (χ1v) is 4.63. The van der Waals surface area contributed by atoms with Crippen LogP contribution in [0, 0.1) is 17.1 Å². The molecule has 0 radical (unpaired) electrons. The molecule has 1 aromatic carbocycles. The first-order valence-electron chi connectivity index (χ1n) is 3.13. The van der Waals surface area contributed by atoms with Crippen LogP contribution in [0.4, 0.5) is 4.39 Å². The maximum Gasteiger partial charge on any atom is 0.143 e. The van der Waals surface area contributed by atoms with Crippen molar-refractivity contribution in [2.75, 3.05) is 0 Å². The van der Waals surface area contributed by atoms with Crippen LogP contribution in [0.1, 0.15) is 11.1 Å². The van der Waals surface area contributed by atoms with Crippen molar-refractivity contribution in [2.45, 2.75) is 5.33 Å². The summed E-state index contributed by atoms with van der Waals surface area (Å²) in [5, 5.41) is 9.03. The van der Waals surface area contributed by atoms with Crippen LogP contribution in [0.5, 0.6) is 0 Å². The molecule has 0 aliphatic rings. The summed E-state index contributed by atoms with van der Waals surface area (Å²) in [7, 11) is 0. The van der Waals surface area contributed by atoms with E-state index < -0.39 is 5.82 Å². The molecule has 4 heteroatoms. The Hall–Kier alpha value is -0.590. The average Bonchev–Trinajstić information content (AvgIpc) is 2.09.